The summed E-state index contributed by atoms with van der Waals surface area (Å²) in [5, 5.41) is 3.43. The van der Waals surface area contributed by atoms with E-state index in [2.05, 4.69) is 5.32 Å². The third-order valence-corrected chi connectivity index (χ3v) is 2.61. The number of likely N-dealkylation sites (N-methyl/N-ethyl adjacent to an activating group) is 1. The number of rotatable bonds is 3. The van der Waals surface area contributed by atoms with E-state index in [0.29, 0.717) is 10.6 Å². The van der Waals surface area contributed by atoms with Gasteiger partial charge in [-0.25, -0.2) is 0 Å². The highest BCUT2D eigenvalue weighted by Crippen LogP contribution is 2.20. The molecule has 3 heteroatoms. The van der Waals surface area contributed by atoms with Gasteiger partial charge in [0.05, 0.1) is 11.1 Å². The van der Waals surface area contributed by atoms with E-state index in [-0.39, 0.29) is 11.8 Å². The van der Waals surface area contributed by atoms with Crippen molar-refractivity contribution in [1.82, 2.24) is 5.32 Å². The van der Waals surface area contributed by atoms with E-state index in [1.807, 2.05) is 26.0 Å². The van der Waals surface area contributed by atoms with Crippen LogP contribution < -0.4 is 5.32 Å². The standard InChI is InChI=1S/C11H14ClNO/c1-7-5-4-6-9(12)10(7)11(14)8(2)13-3/h4-6,8,13H,1-3H3. The zero-order valence-electron chi connectivity index (χ0n) is 8.60. The summed E-state index contributed by atoms with van der Waals surface area (Å²) in [6, 6.07) is 5.28. The molecule has 0 amide bonds. The summed E-state index contributed by atoms with van der Waals surface area (Å²) in [6.07, 6.45) is 0. The Morgan fingerprint density at radius 1 is 1.50 bits per heavy atom. The number of carbonyl (C=O) groups is 1. The molecule has 0 saturated heterocycles. The number of nitrogens with one attached hydrogen (secondary N) is 1. The average Bonchev–Trinajstić information content (AvgIpc) is 2.16. The fraction of sp³-hybridized carbons (Fsp3) is 0.364. The topological polar surface area (TPSA) is 29.1 Å². The van der Waals surface area contributed by atoms with Crippen LogP contribution in [-0.2, 0) is 0 Å². The first kappa shape index (κ1) is 11.2. The van der Waals surface area contributed by atoms with Gasteiger partial charge in [0.1, 0.15) is 0 Å². The molecule has 0 aliphatic heterocycles. The van der Waals surface area contributed by atoms with E-state index >= 15 is 0 Å². The molecule has 1 atom stereocenters. The van der Waals surface area contributed by atoms with Crippen molar-refractivity contribution < 1.29 is 4.79 Å². The van der Waals surface area contributed by atoms with Crippen molar-refractivity contribution in [2.24, 2.45) is 0 Å². The third kappa shape index (κ3) is 2.14. The van der Waals surface area contributed by atoms with Gasteiger partial charge in [-0.3, -0.25) is 4.79 Å². The molecule has 0 spiro atoms. The van der Waals surface area contributed by atoms with Gasteiger partial charge < -0.3 is 5.32 Å². The minimum atomic E-state index is -0.200. The Morgan fingerprint density at radius 3 is 2.64 bits per heavy atom. The number of benzene rings is 1. The van der Waals surface area contributed by atoms with Crippen LogP contribution in [0.2, 0.25) is 5.02 Å². The summed E-state index contributed by atoms with van der Waals surface area (Å²) in [5.41, 5.74) is 1.54. The number of halogens is 1. The Balaban J connectivity index is 3.12. The smallest absolute Gasteiger partial charge is 0.181 e. The lowest BCUT2D eigenvalue weighted by Crippen LogP contribution is -2.31. The van der Waals surface area contributed by atoms with Gasteiger partial charge in [-0.15, -0.1) is 0 Å². The maximum atomic E-state index is 11.9. The third-order valence-electron chi connectivity index (χ3n) is 2.29. The monoisotopic (exact) mass is 211 g/mol. The molecule has 0 aliphatic rings. The van der Waals surface area contributed by atoms with Crippen LogP contribution in [0, 0.1) is 6.92 Å². The van der Waals surface area contributed by atoms with Crippen molar-refractivity contribution >= 4 is 17.4 Å². The molecule has 14 heavy (non-hydrogen) atoms. The van der Waals surface area contributed by atoms with Crippen LogP contribution in [0.5, 0.6) is 0 Å². The van der Waals surface area contributed by atoms with Crippen molar-refractivity contribution in [3.8, 4) is 0 Å². The molecule has 76 valence electrons. The summed E-state index contributed by atoms with van der Waals surface area (Å²) < 4.78 is 0. The lowest BCUT2D eigenvalue weighted by molar-refractivity contribution is 0.0954. The van der Waals surface area contributed by atoms with Gasteiger partial charge in [-0.1, -0.05) is 23.7 Å². The molecular formula is C11H14ClNO. The average molecular weight is 212 g/mol. The fourth-order valence-corrected chi connectivity index (χ4v) is 1.61. The van der Waals surface area contributed by atoms with Crippen LogP contribution in [0.1, 0.15) is 22.8 Å². The number of aryl methyl sites for hydroxylation is 1. The maximum absolute atomic E-state index is 11.9. The molecule has 1 N–H and O–H groups in total. The highest BCUT2D eigenvalue weighted by molar-refractivity contribution is 6.34. The first-order valence-corrected chi connectivity index (χ1v) is 4.92. The highest BCUT2D eigenvalue weighted by Gasteiger charge is 2.17. The van der Waals surface area contributed by atoms with E-state index in [9.17, 15) is 4.79 Å². The fourth-order valence-electron chi connectivity index (χ4n) is 1.29. The molecule has 1 rings (SSSR count). The Morgan fingerprint density at radius 2 is 2.14 bits per heavy atom. The van der Waals surface area contributed by atoms with Crippen molar-refractivity contribution in [3.63, 3.8) is 0 Å². The zero-order chi connectivity index (χ0) is 10.7. The first-order chi connectivity index (χ1) is 6.57. The van der Waals surface area contributed by atoms with Crippen LogP contribution in [0.4, 0.5) is 0 Å². The van der Waals surface area contributed by atoms with Gasteiger partial charge in [-0.05, 0) is 32.5 Å². The summed E-state index contributed by atoms with van der Waals surface area (Å²) in [7, 11) is 1.76. The molecule has 1 aromatic rings. The largest absolute Gasteiger partial charge is 0.310 e. The van der Waals surface area contributed by atoms with Crippen LogP contribution in [0.15, 0.2) is 18.2 Å². The highest BCUT2D eigenvalue weighted by atomic mass is 35.5. The van der Waals surface area contributed by atoms with E-state index in [1.165, 1.54) is 0 Å². The number of carbonyl (C=O) groups excluding carboxylic acids is 1. The second-order valence-electron chi connectivity index (χ2n) is 3.31. The maximum Gasteiger partial charge on any atom is 0.181 e. The summed E-state index contributed by atoms with van der Waals surface area (Å²) in [6.45, 7) is 3.71. The molecule has 0 heterocycles. The number of hydrogen-bond acceptors (Lipinski definition) is 2. The summed E-state index contributed by atoms with van der Waals surface area (Å²) >= 11 is 5.98. The molecule has 0 saturated carbocycles. The van der Waals surface area contributed by atoms with Gasteiger partial charge in [0.15, 0.2) is 5.78 Å². The van der Waals surface area contributed by atoms with Crippen molar-refractivity contribution in [2.75, 3.05) is 7.05 Å². The van der Waals surface area contributed by atoms with E-state index in [1.54, 1.807) is 13.1 Å². The van der Waals surface area contributed by atoms with Gasteiger partial charge in [0, 0.05) is 5.56 Å². The minimum Gasteiger partial charge on any atom is -0.310 e. The van der Waals surface area contributed by atoms with Crippen molar-refractivity contribution in [3.05, 3.63) is 34.3 Å². The second-order valence-corrected chi connectivity index (χ2v) is 3.71. The quantitative estimate of drug-likeness (QED) is 0.779. The van der Waals surface area contributed by atoms with Crippen molar-refractivity contribution in [1.29, 1.82) is 0 Å². The van der Waals surface area contributed by atoms with Crippen LogP contribution >= 0.6 is 11.6 Å². The molecule has 2 nitrogen and oxygen atoms in total. The molecule has 1 aromatic carbocycles. The Bertz CT molecular complexity index is 329. The molecular weight excluding hydrogens is 198 g/mol. The number of hydrogen-bond donors (Lipinski definition) is 1. The predicted octanol–water partition coefficient (Wildman–Crippen LogP) is 2.44. The lowest BCUT2D eigenvalue weighted by Gasteiger charge is -2.12. The van der Waals surface area contributed by atoms with Crippen LogP contribution in [0.25, 0.3) is 0 Å². The van der Waals surface area contributed by atoms with Crippen molar-refractivity contribution in [2.45, 2.75) is 19.9 Å². The van der Waals surface area contributed by atoms with E-state index in [0.717, 1.165) is 5.56 Å². The van der Waals surface area contributed by atoms with Crippen LogP contribution in [0.3, 0.4) is 0 Å². The van der Waals surface area contributed by atoms with Gasteiger partial charge >= 0.3 is 0 Å². The lowest BCUT2D eigenvalue weighted by atomic mass is 10.0. The molecule has 0 aromatic heterocycles. The second kappa shape index (κ2) is 4.58. The molecule has 0 bridgehead atoms. The summed E-state index contributed by atoms with van der Waals surface area (Å²) in [5.74, 6) is 0.0376. The van der Waals surface area contributed by atoms with Crippen LogP contribution in [-0.4, -0.2) is 18.9 Å². The molecule has 0 aliphatic carbocycles. The van der Waals surface area contributed by atoms with Gasteiger partial charge in [0.25, 0.3) is 0 Å². The van der Waals surface area contributed by atoms with E-state index < -0.39 is 0 Å². The molecule has 0 radical (unpaired) electrons. The minimum absolute atomic E-state index is 0.0376. The van der Waals surface area contributed by atoms with E-state index in [4.69, 9.17) is 11.6 Å². The molecule has 0 fully saturated rings. The molecule has 1 unspecified atom stereocenters. The zero-order valence-corrected chi connectivity index (χ0v) is 9.35. The van der Waals surface area contributed by atoms with Gasteiger partial charge in [-0.2, -0.15) is 0 Å². The SMILES string of the molecule is CNC(C)C(=O)c1c(C)cccc1Cl. The Kier molecular flexibility index (Phi) is 3.67. The Labute approximate surface area is 89.3 Å². The number of ketones is 1. The normalized spacial score (nSPS) is 12.6. The predicted molar refractivity (Wildman–Crippen MR) is 59.0 cm³/mol. The van der Waals surface area contributed by atoms with Gasteiger partial charge in [0.2, 0.25) is 0 Å². The first-order valence-electron chi connectivity index (χ1n) is 4.54. The Hall–Kier alpha value is -0.860. The summed E-state index contributed by atoms with van der Waals surface area (Å²) in [4.78, 5) is 11.9. The number of Topliss-reactive ketones (excluding diaryl/α,β-unsaturated/α-hetero) is 1.